The number of rotatable bonds is 5. The van der Waals surface area contributed by atoms with Crippen LogP contribution >= 0.6 is 15.9 Å². The molecule has 0 aliphatic heterocycles. The summed E-state index contributed by atoms with van der Waals surface area (Å²) in [5, 5.41) is 9.16. The highest BCUT2D eigenvalue weighted by atomic mass is 79.9. The number of aliphatic hydroxyl groups excluding tert-OH is 1. The Labute approximate surface area is 131 Å². The molecule has 0 unspecified atom stereocenters. The first-order chi connectivity index (χ1) is 10.2. The maximum atomic E-state index is 9.16. The number of nitrogens with zero attached hydrogens (tertiary/aromatic N) is 2. The van der Waals surface area contributed by atoms with Crippen LogP contribution in [0, 0.1) is 0 Å². The first-order valence-electron chi connectivity index (χ1n) is 6.69. The van der Waals surface area contributed by atoms with E-state index in [4.69, 9.17) is 14.6 Å². The minimum absolute atomic E-state index is 0.0402. The number of halogens is 1. The van der Waals surface area contributed by atoms with Gasteiger partial charge in [0.05, 0.1) is 13.7 Å². The SMILES string of the molecule is COc1cc(CO)ccc1Oc1cc(Br)nc(C2CC2)n1. The first-order valence-corrected chi connectivity index (χ1v) is 7.49. The molecule has 0 atom stereocenters. The van der Waals surface area contributed by atoms with Crippen LogP contribution < -0.4 is 9.47 Å². The maximum Gasteiger partial charge on any atom is 0.223 e. The van der Waals surface area contributed by atoms with E-state index >= 15 is 0 Å². The Morgan fingerprint density at radius 1 is 1.24 bits per heavy atom. The summed E-state index contributed by atoms with van der Waals surface area (Å²) in [6.45, 7) is -0.0402. The van der Waals surface area contributed by atoms with Gasteiger partial charge in [-0.3, -0.25) is 0 Å². The van der Waals surface area contributed by atoms with E-state index in [9.17, 15) is 0 Å². The Balaban J connectivity index is 1.89. The van der Waals surface area contributed by atoms with Crippen LogP contribution in [-0.2, 0) is 6.61 Å². The number of ether oxygens (including phenoxy) is 2. The van der Waals surface area contributed by atoms with Gasteiger partial charge >= 0.3 is 0 Å². The Morgan fingerprint density at radius 2 is 2.05 bits per heavy atom. The molecule has 0 radical (unpaired) electrons. The largest absolute Gasteiger partial charge is 0.493 e. The zero-order valence-corrected chi connectivity index (χ0v) is 13.1. The average Bonchev–Trinajstić information content (AvgIpc) is 3.31. The van der Waals surface area contributed by atoms with Crippen LogP contribution in [0.3, 0.4) is 0 Å². The van der Waals surface area contributed by atoms with Crippen LogP contribution in [0.5, 0.6) is 17.4 Å². The minimum Gasteiger partial charge on any atom is -0.493 e. The molecule has 6 heteroatoms. The third kappa shape index (κ3) is 3.33. The quantitative estimate of drug-likeness (QED) is 0.837. The fourth-order valence-corrected chi connectivity index (χ4v) is 2.37. The van der Waals surface area contributed by atoms with Crippen molar-refractivity contribution >= 4 is 15.9 Å². The highest BCUT2D eigenvalue weighted by molar-refractivity contribution is 9.10. The van der Waals surface area contributed by atoms with E-state index in [2.05, 4.69) is 25.9 Å². The molecule has 0 bridgehead atoms. The number of hydrogen-bond donors (Lipinski definition) is 1. The van der Waals surface area contributed by atoms with Gasteiger partial charge in [-0.1, -0.05) is 6.07 Å². The zero-order chi connectivity index (χ0) is 14.8. The number of aliphatic hydroxyl groups is 1. The summed E-state index contributed by atoms with van der Waals surface area (Å²) in [5.41, 5.74) is 0.765. The number of methoxy groups -OCH3 is 1. The lowest BCUT2D eigenvalue weighted by atomic mass is 10.2. The van der Waals surface area contributed by atoms with Gasteiger partial charge in [-0.2, -0.15) is 4.98 Å². The Kier molecular flexibility index (Phi) is 4.07. The van der Waals surface area contributed by atoms with Gasteiger partial charge < -0.3 is 14.6 Å². The van der Waals surface area contributed by atoms with Crippen molar-refractivity contribution in [3.63, 3.8) is 0 Å². The van der Waals surface area contributed by atoms with Crippen molar-refractivity contribution < 1.29 is 14.6 Å². The van der Waals surface area contributed by atoms with Gasteiger partial charge in [-0.25, -0.2) is 4.98 Å². The lowest BCUT2D eigenvalue weighted by Gasteiger charge is -2.11. The maximum absolute atomic E-state index is 9.16. The Bertz CT molecular complexity index is 659. The summed E-state index contributed by atoms with van der Waals surface area (Å²) in [6.07, 6.45) is 2.26. The smallest absolute Gasteiger partial charge is 0.223 e. The van der Waals surface area contributed by atoms with Gasteiger partial charge in [0, 0.05) is 12.0 Å². The molecule has 1 saturated carbocycles. The van der Waals surface area contributed by atoms with E-state index < -0.39 is 0 Å². The van der Waals surface area contributed by atoms with Crippen molar-refractivity contribution in [3.8, 4) is 17.4 Å². The summed E-state index contributed by atoms with van der Waals surface area (Å²) < 4.78 is 11.8. The fourth-order valence-electron chi connectivity index (χ4n) is 2.00. The van der Waals surface area contributed by atoms with Crippen LogP contribution in [0.25, 0.3) is 0 Å². The molecule has 0 amide bonds. The predicted octanol–water partition coefficient (Wildman–Crippen LogP) is 3.41. The second-order valence-electron chi connectivity index (χ2n) is 4.91. The van der Waals surface area contributed by atoms with Crippen LogP contribution in [0.2, 0.25) is 0 Å². The molecule has 21 heavy (non-hydrogen) atoms. The monoisotopic (exact) mass is 350 g/mol. The van der Waals surface area contributed by atoms with E-state index in [0.717, 1.165) is 24.2 Å². The molecular weight excluding hydrogens is 336 g/mol. The molecule has 1 aromatic carbocycles. The molecule has 1 aromatic heterocycles. The lowest BCUT2D eigenvalue weighted by Crippen LogP contribution is -1.98. The summed E-state index contributed by atoms with van der Waals surface area (Å²) in [6, 6.07) is 7.02. The Morgan fingerprint density at radius 3 is 2.71 bits per heavy atom. The topological polar surface area (TPSA) is 64.5 Å². The van der Waals surface area contributed by atoms with E-state index in [1.807, 2.05) is 0 Å². The molecule has 1 fully saturated rings. The van der Waals surface area contributed by atoms with Crippen LogP contribution in [-0.4, -0.2) is 22.2 Å². The second-order valence-corrected chi connectivity index (χ2v) is 5.72. The minimum atomic E-state index is -0.0402. The standard InChI is InChI=1S/C15H15BrN2O3/c1-20-12-6-9(8-19)2-5-11(12)21-14-7-13(16)17-15(18-14)10-3-4-10/h2,5-7,10,19H,3-4,8H2,1H3. The number of benzene rings is 1. The Hall–Kier alpha value is -1.66. The highest BCUT2D eigenvalue weighted by Gasteiger charge is 2.27. The highest BCUT2D eigenvalue weighted by Crippen LogP contribution is 2.40. The van der Waals surface area contributed by atoms with Crippen LogP contribution in [0.15, 0.2) is 28.9 Å². The molecule has 5 nitrogen and oxygen atoms in total. The summed E-state index contributed by atoms with van der Waals surface area (Å²) in [4.78, 5) is 8.81. The van der Waals surface area contributed by atoms with Crippen molar-refractivity contribution in [2.24, 2.45) is 0 Å². The lowest BCUT2D eigenvalue weighted by molar-refractivity contribution is 0.280. The molecule has 110 valence electrons. The van der Waals surface area contributed by atoms with Gasteiger partial charge in [-0.05, 0) is 46.5 Å². The summed E-state index contributed by atoms with van der Waals surface area (Å²) >= 11 is 3.39. The fraction of sp³-hybridized carbons (Fsp3) is 0.333. The average molecular weight is 351 g/mol. The molecule has 0 spiro atoms. The van der Waals surface area contributed by atoms with E-state index in [1.165, 1.54) is 0 Å². The van der Waals surface area contributed by atoms with Crippen molar-refractivity contribution in [3.05, 3.63) is 40.3 Å². The van der Waals surface area contributed by atoms with E-state index in [-0.39, 0.29) is 6.61 Å². The van der Waals surface area contributed by atoms with Crippen LogP contribution in [0.1, 0.15) is 30.1 Å². The first kappa shape index (κ1) is 14.3. The predicted molar refractivity (Wildman–Crippen MR) is 80.7 cm³/mol. The summed E-state index contributed by atoms with van der Waals surface area (Å²) in [5.74, 6) is 2.86. The van der Waals surface area contributed by atoms with Crippen molar-refractivity contribution in [2.45, 2.75) is 25.4 Å². The van der Waals surface area contributed by atoms with Gasteiger partial charge in [0.2, 0.25) is 5.88 Å². The van der Waals surface area contributed by atoms with Gasteiger partial charge in [-0.15, -0.1) is 0 Å². The molecule has 2 aromatic rings. The van der Waals surface area contributed by atoms with Gasteiger partial charge in [0.1, 0.15) is 10.4 Å². The third-order valence-electron chi connectivity index (χ3n) is 3.26. The van der Waals surface area contributed by atoms with E-state index in [0.29, 0.717) is 27.9 Å². The number of hydrogen-bond acceptors (Lipinski definition) is 5. The zero-order valence-electron chi connectivity index (χ0n) is 11.5. The molecular formula is C15H15BrN2O3. The second kappa shape index (κ2) is 5.99. The molecule has 1 aliphatic carbocycles. The van der Waals surface area contributed by atoms with Gasteiger partial charge in [0.15, 0.2) is 11.5 Å². The van der Waals surface area contributed by atoms with Crippen LogP contribution in [0.4, 0.5) is 0 Å². The van der Waals surface area contributed by atoms with E-state index in [1.54, 1.807) is 31.4 Å². The molecule has 1 N–H and O–H groups in total. The molecule has 1 aliphatic rings. The molecule has 0 saturated heterocycles. The van der Waals surface area contributed by atoms with Gasteiger partial charge in [0.25, 0.3) is 0 Å². The normalized spacial score (nSPS) is 14.0. The molecule has 1 heterocycles. The van der Waals surface area contributed by atoms with Crippen molar-refractivity contribution in [1.29, 1.82) is 0 Å². The number of aromatic nitrogens is 2. The van der Waals surface area contributed by atoms with Crippen molar-refractivity contribution in [1.82, 2.24) is 9.97 Å². The third-order valence-corrected chi connectivity index (χ3v) is 3.66. The molecule has 3 rings (SSSR count). The van der Waals surface area contributed by atoms with Crippen molar-refractivity contribution in [2.75, 3.05) is 7.11 Å². The summed E-state index contributed by atoms with van der Waals surface area (Å²) in [7, 11) is 1.56.